The van der Waals surface area contributed by atoms with Crippen molar-refractivity contribution in [3.8, 4) is 0 Å². The van der Waals surface area contributed by atoms with Gasteiger partial charge in [0, 0.05) is 49.4 Å². The number of rotatable bonds is 8. The highest BCUT2D eigenvalue weighted by molar-refractivity contribution is 7.99. The maximum atomic E-state index is 12.1. The van der Waals surface area contributed by atoms with Crippen LogP contribution in [-0.4, -0.2) is 78.1 Å². The zero-order chi connectivity index (χ0) is 17.9. The van der Waals surface area contributed by atoms with E-state index in [1.54, 1.807) is 11.1 Å². The van der Waals surface area contributed by atoms with E-state index in [0.717, 1.165) is 35.2 Å². The van der Waals surface area contributed by atoms with Gasteiger partial charge in [-0.15, -0.1) is 0 Å². The maximum Gasteiger partial charge on any atom is 0.244 e. The molecule has 134 valence electrons. The fraction of sp³-hybridized carbons (Fsp3) is 0.562. The molecule has 1 aliphatic heterocycles. The average Bonchev–Trinajstić information content (AvgIpc) is 2.56. The highest BCUT2D eigenvalue weighted by Gasteiger charge is 2.18. The Balaban J connectivity index is 2.50. The second-order valence-electron chi connectivity index (χ2n) is 5.54. The number of carbonyl (C=O) groups is 2. The predicted octanol–water partition coefficient (Wildman–Crippen LogP) is 1.98. The summed E-state index contributed by atoms with van der Waals surface area (Å²) >= 11 is 7.65. The fourth-order valence-electron chi connectivity index (χ4n) is 2.02. The third-order valence-corrected chi connectivity index (χ3v) is 4.33. The molecule has 1 heterocycles. The molecule has 0 aromatic carbocycles. The van der Waals surface area contributed by atoms with Gasteiger partial charge in [-0.05, 0) is 19.4 Å². The normalized spacial score (nSPS) is 16.4. The third-order valence-electron chi connectivity index (χ3n) is 3.29. The van der Waals surface area contributed by atoms with Gasteiger partial charge in [-0.25, -0.2) is 5.01 Å². The molecule has 0 aromatic rings. The highest BCUT2D eigenvalue weighted by Crippen LogP contribution is 2.09. The van der Waals surface area contributed by atoms with E-state index in [1.807, 2.05) is 49.8 Å². The lowest BCUT2D eigenvalue weighted by Gasteiger charge is -2.27. The number of allylic oxidation sites excluding steroid dienone is 2. The van der Waals surface area contributed by atoms with Gasteiger partial charge in [0.25, 0.3) is 0 Å². The van der Waals surface area contributed by atoms with Gasteiger partial charge < -0.3 is 9.80 Å². The Bertz CT molecular complexity index is 512. The van der Waals surface area contributed by atoms with Crippen LogP contribution in [0.2, 0.25) is 0 Å². The number of thioether (sulfide) groups is 1. The van der Waals surface area contributed by atoms with E-state index in [0.29, 0.717) is 18.0 Å². The van der Waals surface area contributed by atoms with Gasteiger partial charge >= 0.3 is 0 Å². The molecule has 24 heavy (non-hydrogen) atoms. The van der Waals surface area contributed by atoms with Gasteiger partial charge in [-0.1, -0.05) is 17.7 Å². The maximum absolute atomic E-state index is 12.1. The minimum absolute atomic E-state index is 0.0218. The number of likely N-dealkylation sites (N-methyl/N-ethyl adjacent to an activating group) is 1. The molecular formula is C16H25ClN4O2S. The van der Waals surface area contributed by atoms with E-state index >= 15 is 0 Å². The molecular weight excluding hydrogens is 348 g/mol. The SMILES string of the molecule is C/C(Cl)=C\N(C)C/C=C(C)/C=N/N(C=O)CC(=O)N1CCSCC1. The van der Waals surface area contributed by atoms with Gasteiger partial charge in [-0.2, -0.15) is 16.9 Å². The van der Waals surface area contributed by atoms with E-state index in [4.69, 9.17) is 11.6 Å². The molecule has 0 saturated carbocycles. The molecule has 0 radical (unpaired) electrons. The van der Waals surface area contributed by atoms with Crippen molar-refractivity contribution in [2.24, 2.45) is 5.10 Å². The standard InChI is InChI=1S/C16H25ClN4O2S/c1-14(4-5-19(3)11-15(2)17)10-18-21(13-22)12-16(23)20-6-8-24-9-7-20/h4,10-11,13H,5-9,12H2,1-3H3/b14-4+,15-11+,18-10+. The van der Waals surface area contributed by atoms with Crippen molar-refractivity contribution in [1.82, 2.24) is 14.8 Å². The van der Waals surface area contributed by atoms with Crippen molar-refractivity contribution in [1.29, 1.82) is 0 Å². The van der Waals surface area contributed by atoms with Crippen LogP contribution in [0.3, 0.4) is 0 Å². The lowest BCUT2D eigenvalue weighted by molar-refractivity contribution is -0.135. The van der Waals surface area contributed by atoms with Gasteiger partial charge in [0.2, 0.25) is 12.3 Å². The van der Waals surface area contributed by atoms with Crippen LogP contribution in [0.1, 0.15) is 13.8 Å². The zero-order valence-corrected chi connectivity index (χ0v) is 16.0. The van der Waals surface area contributed by atoms with E-state index < -0.39 is 0 Å². The first-order valence-corrected chi connectivity index (χ1v) is 9.28. The fourth-order valence-corrected chi connectivity index (χ4v) is 3.09. The largest absolute Gasteiger partial charge is 0.376 e. The molecule has 1 fully saturated rings. The second kappa shape index (κ2) is 11.1. The van der Waals surface area contributed by atoms with Crippen molar-refractivity contribution in [3.63, 3.8) is 0 Å². The molecule has 0 aliphatic carbocycles. The topological polar surface area (TPSA) is 56.2 Å². The molecule has 0 atom stereocenters. The van der Waals surface area contributed by atoms with Gasteiger partial charge in [0.15, 0.2) is 0 Å². The van der Waals surface area contributed by atoms with E-state index in [2.05, 4.69) is 5.10 Å². The van der Waals surface area contributed by atoms with Crippen LogP contribution >= 0.6 is 23.4 Å². The monoisotopic (exact) mass is 372 g/mol. The molecule has 1 saturated heterocycles. The quantitative estimate of drug-likeness (QED) is 0.371. The van der Waals surface area contributed by atoms with Crippen LogP contribution < -0.4 is 0 Å². The first kappa shape index (κ1) is 20.6. The molecule has 0 N–H and O–H groups in total. The molecule has 6 nitrogen and oxygen atoms in total. The number of carbonyl (C=O) groups excluding carboxylic acids is 2. The summed E-state index contributed by atoms with van der Waals surface area (Å²) in [7, 11) is 1.92. The molecule has 0 spiro atoms. The Labute approximate surface area is 153 Å². The Morgan fingerprint density at radius 2 is 2.00 bits per heavy atom. The van der Waals surface area contributed by atoms with Gasteiger partial charge in [-0.3, -0.25) is 9.59 Å². The smallest absolute Gasteiger partial charge is 0.244 e. The number of amides is 2. The van der Waals surface area contributed by atoms with Crippen molar-refractivity contribution >= 4 is 41.9 Å². The van der Waals surface area contributed by atoms with Crippen LogP contribution in [0.4, 0.5) is 0 Å². The molecule has 0 aromatic heterocycles. The third kappa shape index (κ3) is 8.40. The summed E-state index contributed by atoms with van der Waals surface area (Å²) in [4.78, 5) is 27.0. The number of hydrazone groups is 1. The lowest BCUT2D eigenvalue weighted by atomic mass is 10.3. The van der Waals surface area contributed by atoms with Crippen molar-refractivity contribution < 1.29 is 9.59 Å². The molecule has 0 unspecified atom stereocenters. The molecule has 1 aliphatic rings. The molecule has 1 rings (SSSR count). The van der Waals surface area contributed by atoms with Crippen LogP contribution in [0, 0.1) is 0 Å². The van der Waals surface area contributed by atoms with Gasteiger partial charge in [0.1, 0.15) is 6.54 Å². The first-order chi connectivity index (χ1) is 11.4. The average molecular weight is 373 g/mol. The van der Waals surface area contributed by atoms with E-state index in [9.17, 15) is 9.59 Å². The Kier molecular flexibility index (Phi) is 9.56. The van der Waals surface area contributed by atoms with Crippen molar-refractivity contribution in [2.75, 3.05) is 44.7 Å². The second-order valence-corrected chi connectivity index (χ2v) is 7.37. The molecule has 8 heteroatoms. The zero-order valence-electron chi connectivity index (χ0n) is 14.4. The summed E-state index contributed by atoms with van der Waals surface area (Å²) in [5, 5.41) is 5.92. The summed E-state index contributed by atoms with van der Waals surface area (Å²) in [5.41, 5.74) is 0.899. The summed E-state index contributed by atoms with van der Waals surface area (Å²) in [5.74, 6) is 1.83. The van der Waals surface area contributed by atoms with Crippen molar-refractivity contribution in [3.05, 3.63) is 22.9 Å². The number of hydrogen-bond acceptors (Lipinski definition) is 5. The highest BCUT2D eigenvalue weighted by atomic mass is 35.5. The minimum atomic E-state index is -0.0661. The van der Waals surface area contributed by atoms with Crippen LogP contribution in [0.15, 0.2) is 28.0 Å². The Morgan fingerprint density at radius 1 is 1.33 bits per heavy atom. The Hall–Kier alpha value is -1.47. The number of nitrogens with zero attached hydrogens (tertiary/aromatic N) is 4. The number of halogens is 1. The minimum Gasteiger partial charge on any atom is -0.376 e. The van der Waals surface area contributed by atoms with Crippen molar-refractivity contribution in [2.45, 2.75) is 13.8 Å². The summed E-state index contributed by atoms with van der Waals surface area (Å²) in [6, 6.07) is 0. The summed E-state index contributed by atoms with van der Waals surface area (Å²) in [6.07, 6.45) is 5.95. The van der Waals surface area contributed by atoms with E-state index in [1.165, 1.54) is 0 Å². The Morgan fingerprint density at radius 3 is 2.58 bits per heavy atom. The molecule has 2 amide bonds. The molecule has 0 bridgehead atoms. The first-order valence-electron chi connectivity index (χ1n) is 7.74. The number of hydrogen-bond donors (Lipinski definition) is 0. The van der Waals surface area contributed by atoms with Crippen LogP contribution in [0.25, 0.3) is 0 Å². The van der Waals surface area contributed by atoms with Crippen LogP contribution in [0.5, 0.6) is 0 Å². The lowest BCUT2D eigenvalue weighted by Crippen LogP contribution is -2.42. The predicted molar refractivity (Wildman–Crippen MR) is 101 cm³/mol. The van der Waals surface area contributed by atoms with Gasteiger partial charge in [0.05, 0.1) is 6.21 Å². The van der Waals surface area contributed by atoms with E-state index in [-0.39, 0.29) is 12.5 Å². The summed E-state index contributed by atoms with van der Waals surface area (Å²) in [6.45, 7) is 5.83. The summed E-state index contributed by atoms with van der Waals surface area (Å²) < 4.78 is 0. The van der Waals surface area contributed by atoms with Crippen LogP contribution in [-0.2, 0) is 9.59 Å².